The maximum atomic E-state index is 4.14. The molecule has 4 heteroatoms. The Labute approximate surface area is 91.1 Å². The van der Waals surface area contributed by atoms with E-state index in [4.69, 9.17) is 0 Å². The maximum absolute atomic E-state index is 4.14. The van der Waals surface area contributed by atoms with E-state index in [1.807, 2.05) is 6.20 Å². The van der Waals surface area contributed by atoms with E-state index in [0.717, 1.165) is 19.5 Å². The van der Waals surface area contributed by atoms with E-state index in [2.05, 4.69) is 34.2 Å². The first-order valence-electron chi connectivity index (χ1n) is 5.93. The van der Waals surface area contributed by atoms with Crippen molar-refractivity contribution in [2.75, 3.05) is 6.54 Å². The topological polar surface area (TPSA) is 42.7 Å². The van der Waals surface area contributed by atoms with Gasteiger partial charge in [0.1, 0.15) is 0 Å². The van der Waals surface area contributed by atoms with E-state index in [0.29, 0.717) is 12.0 Å². The second kappa shape index (κ2) is 4.75. The van der Waals surface area contributed by atoms with Crippen LogP contribution in [0.5, 0.6) is 0 Å². The summed E-state index contributed by atoms with van der Waals surface area (Å²) in [5.41, 5.74) is 1.30. The molecule has 0 radical (unpaired) electrons. The first kappa shape index (κ1) is 10.6. The average Bonchev–Trinajstić information content (AvgIpc) is 2.68. The number of piperidine rings is 1. The Morgan fingerprint density at radius 3 is 3.07 bits per heavy atom. The molecule has 84 valence electrons. The van der Waals surface area contributed by atoms with Gasteiger partial charge in [0.05, 0.1) is 11.9 Å². The highest BCUT2D eigenvalue weighted by Crippen LogP contribution is 2.24. The van der Waals surface area contributed by atoms with E-state index in [9.17, 15) is 0 Å². The highest BCUT2D eigenvalue weighted by molar-refractivity contribution is 5.06. The Balaban J connectivity index is 2.05. The van der Waals surface area contributed by atoms with Crippen molar-refractivity contribution < 1.29 is 0 Å². The molecule has 1 fully saturated rings. The largest absolute Gasteiger partial charge is 0.314 e. The van der Waals surface area contributed by atoms with Gasteiger partial charge in [-0.25, -0.2) is 4.68 Å². The number of aryl methyl sites for hydroxylation is 1. The zero-order valence-electron chi connectivity index (χ0n) is 9.61. The van der Waals surface area contributed by atoms with Gasteiger partial charge in [-0.15, -0.1) is 5.10 Å². The molecule has 1 saturated heterocycles. The van der Waals surface area contributed by atoms with Gasteiger partial charge in [0.2, 0.25) is 0 Å². The van der Waals surface area contributed by atoms with Gasteiger partial charge in [-0.05, 0) is 26.2 Å². The molecule has 0 spiro atoms. The van der Waals surface area contributed by atoms with Gasteiger partial charge < -0.3 is 5.32 Å². The summed E-state index contributed by atoms with van der Waals surface area (Å²) in [7, 11) is 0. The fourth-order valence-corrected chi connectivity index (χ4v) is 2.22. The number of nitrogens with one attached hydrogen (secondary N) is 1. The minimum atomic E-state index is 0.600. The number of hydrogen-bond donors (Lipinski definition) is 1. The molecule has 2 heterocycles. The van der Waals surface area contributed by atoms with Crippen molar-refractivity contribution in [3.8, 4) is 0 Å². The summed E-state index contributed by atoms with van der Waals surface area (Å²) in [6.07, 6.45) is 5.55. The zero-order chi connectivity index (χ0) is 10.7. The Morgan fingerprint density at radius 2 is 2.40 bits per heavy atom. The maximum Gasteiger partial charge on any atom is 0.0728 e. The quantitative estimate of drug-likeness (QED) is 0.819. The van der Waals surface area contributed by atoms with Gasteiger partial charge in [-0.3, -0.25) is 0 Å². The predicted molar refractivity (Wildman–Crippen MR) is 59.8 cm³/mol. The molecule has 0 bridgehead atoms. The molecule has 1 aliphatic rings. The summed E-state index contributed by atoms with van der Waals surface area (Å²) >= 11 is 0. The van der Waals surface area contributed by atoms with Gasteiger partial charge in [0.15, 0.2) is 0 Å². The van der Waals surface area contributed by atoms with Gasteiger partial charge >= 0.3 is 0 Å². The van der Waals surface area contributed by atoms with Crippen LogP contribution < -0.4 is 5.32 Å². The second-order valence-corrected chi connectivity index (χ2v) is 4.47. The van der Waals surface area contributed by atoms with Crippen LogP contribution in [0.2, 0.25) is 0 Å². The van der Waals surface area contributed by atoms with Crippen LogP contribution >= 0.6 is 0 Å². The van der Waals surface area contributed by atoms with E-state index in [1.165, 1.54) is 18.5 Å². The van der Waals surface area contributed by atoms with Gasteiger partial charge in [0, 0.05) is 25.0 Å². The third kappa shape index (κ3) is 2.37. The highest BCUT2D eigenvalue weighted by Gasteiger charge is 2.22. The SMILES string of the molecule is CCCn1nncc1C1CCC(C)NC1. The Hall–Kier alpha value is -0.900. The average molecular weight is 208 g/mol. The minimum Gasteiger partial charge on any atom is -0.314 e. The molecule has 0 amide bonds. The lowest BCUT2D eigenvalue weighted by Crippen LogP contribution is -2.36. The van der Waals surface area contributed by atoms with Crippen molar-refractivity contribution in [3.63, 3.8) is 0 Å². The van der Waals surface area contributed by atoms with Crippen LogP contribution in [-0.4, -0.2) is 27.6 Å². The molecule has 15 heavy (non-hydrogen) atoms. The van der Waals surface area contributed by atoms with Crippen molar-refractivity contribution >= 4 is 0 Å². The zero-order valence-corrected chi connectivity index (χ0v) is 9.61. The molecule has 1 aromatic heterocycles. The standard InChI is InChI=1S/C11H20N4/c1-3-6-15-11(8-13-14-15)10-5-4-9(2)12-7-10/h8-10,12H,3-7H2,1-2H3. The van der Waals surface area contributed by atoms with Crippen molar-refractivity contribution in [2.24, 2.45) is 0 Å². The molecule has 0 aromatic carbocycles. The normalized spacial score (nSPS) is 26.8. The Bertz CT molecular complexity index is 299. The van der Waals surface area contributed by atoms with Crippen molar-refractivity contribution in [1.82, 2.24) is 20.3 Å². The lowest BCUT2D eigenvalue weighted by atomic mass is 9.93. The summed E-state index contributed by atoms with van der Waals surface area (Å²) in [4.78, 5) is 0. The van der Waals surface area contributed by atoms with Crippen LogP contribution in [0.1, 0.15) is 44.7 Å². The Morgan fingerprint density at radius 1 is 1.53 bits per heavy atom. The monoisotopic (exact) mass is 208 g/mol. The molecular weight excluding hydrogens is 188 g/mol. The van der Waals surface area contributed by atoms with E-state index >= 15 is 0 Å². The van der Waals surface area contributed by atoms with Gasteiger partial charge in [-0.2, -0.15) is 0 Å². The second-order valence-electron chi connectivity index (χ2n) is 4.47. The lowest BCUT2D eigenvalue weighted by molar-refractivity contribution is 0.368. The predicted octanol–water partition coefficient (Wildman–Crippen LogP) is 1.54. The van der Waals surface area contributed by atoms with Crippen LogP contribution in [-0.2, 0) is 6.54 Å². The minimum absolute atomic E-state index is 0.600. The van der Waals surface area contributed by atoms with Crippen molar-refractivity contribution in [3.05, 3.63) is 11.9 Å². The molecule has 1 aliphatic heterocycles. The summed E-state index contributed by atoms with van der Waals surface area (Å²) in [6, 6.07) is 0.664. The fourth-order valence-electron chi connectivity index (χ4n) is 2.22. The molecule has 0 aliphatic carbocycles. The number of rotatable bonds is 3. The summed E-state index contributed by atoms with van der Waals surface area (Å²) in [5, 5.41) is 11.7. The first-order chi connectivity index (χ1) is 7.31. The van der Waals surface area contributed by atoms with Crippen LogP contribution in [0, 0.1) is 0 Å². The van der Waals surface area contributed by atoms with Crippen molar-refractivity contribution in [1.29, 1.82) is 0 Å². The molecule has 2 rings (SSSR count). The molecule has 1 N–H and O–H groups in total. The van der Waals surface area contributed by atoms with E-state index < -0.39 is 0 Å². The van der Waals surface area contributed by atoms with Crippen LogP contribution in [0.4, 0.5) is 0 Å². The summed E-state index contributed by atoms with van der Waals surface area (Å²) < 4.78 is 2.06. The molecule has 0 saturated carbocycles. The molecule has 2 unspecified atom stereocenters. The van der Waals surface area contributed by atoms with Gasteiger partial charge in [-0.1, -0.05) is 12.1 Å². The van der Waals surface area contributed by atoms with Crippen LogP contribution in [0.15, 0.2) is 6.20 Å². The smallest absolute Gasteiger partial charge is 0.0728 e. The highest BCUT2D eigenvalue weighted by atomic mass is 15.4. The van der Waals surface area contributed by atoms with E-state index in [1.54, 1.807) is 0 Å². The lowest BCUT2D eigenvalue weighted by Gasteiger charge is -2.27. The van der Waals surface area contributed by atoms with E-state index in [-0.39, 0.29) is 0 Å². The first-order valence-corrected chi connectivity index (χ1v) is 5.93. The molecule has 1 aromatic rings. The van der Waals surface area contributed by atoms with Crippen molar-refractivity contribution in [2.45, 2.75) is 51.6 Å². The third-order valence-electron chi connectivity index (χ3n) is 3.16. The Kier molecular flexibility index (Phi) is 3.36. The number of nitrogens with zero attached hydrogens (tertiary/aromatic N) is 3. The molecule has 2 atom stereocenters. The fraction of sp³-hybridized carbons (Fsp3) is 0.818. The van der Waals surface area contributed by atoms with Crippen LogP contribution in [0.25, 0.3) is 0 Å². The van der Waals surface area contributed by atoms with Crippen LogP contribution in [0.3, 0.4) is 0 Å². The summed E-state index contributed by atoms with van der Waals surface area (Å²) in [6.45, 7) is 6.48. The third-order valence-corrected chi connectivity index (χ3v) is 3.16. The van der Waals surface area contributed by atoms with Gasteiger partial charge in [0.25, 0.3) is 0 Å². The number of hydrogen-bond acceptors (Lipinski definition) is 3. The molecular formula is C11H20N4. The molecule has 4 nitrogen and oxygen atoms in total. The summed E-state index contributed by atoms with van der Waals surface area (Å²) in [5.74, 6) is 0.600. The number of aromatic nitrogens is 3.